The Bertz CT molecular complexity index is 598. The average molecular weight is 365 g/mol. The van der Waals surface area contributed by atoms with E-state index in [9.17, 15) is 22.8 Å². The summed E-state index contributed by atoms with van der Waals surface area (Å²) in [7, 11) is 1.48. The van der Waals surface area contributed by atoms with Crippen LogP contribution in [0.3, 0.4) is 0 Å². The van der Waals surface area contributed by atoms with Crippen LogP contribution in [0, 0.1) is 5.92 Å². The molecular formula is C14H18F3N3O3S. The van der Waals surface area contributed by atoms with Crippen molar-refractivity contribution in [2.75, 3.05) is 7.05 Å². The van der Waals surface area contributed by atoms with E-state index in [0.717, 1.165) is 16.7 Å². The lowest BCUT2D eigenvalue weighted by molar-refractivity contribution is -0.143. The summed E-state index contributed by atoms with van der Waals surface area (Å²) in [4.78, 5) is 27.7. The lowest BCUT2D eigenvalue weighted by atomic mass is 9.86. The Kier molecular flexibility index (Phi) is 5.68. The van der Waals surface area contributed by atoms with Crippen LogP contribution in [-0.2, 0) is 17.5 Å². The van der Waals surface area contributed by atoms with Crippen LogP contribution in [0.15, 0.2) is 5.38 Å². The van der Waals surface area contributed by atoms with E-state index in [1.54, 1.807) is 0 Å². The molecule has 134 valence electrons. The van der Waals surface area contributed by atoms with E-state index in [0.29, 0.717) is 25.7 Å². The zero-order chi connectivity index (χ0) is 17.9. The number of aliphatic carboxylic acids is 1. The molecule has 24 heavy (non-hydrogen) atoms. The third-order valence-corrected chi connectivity index (χ3v) is 4.80. The van der Waals surface area contributed by atoms with Gasteiger partial charge in [-0.15, -0.1) is 11.3 Å². The number of carbonyl (C=O) groups is 2. The van der Waals surface area contributed by atoms with Gasteiger partial charge in [0.2, 0.25) is 0 Å². The number of carboxylic acid groups (broad SMARTS) is 1. The summed E-state index contributed by atoms with van der Waals surface area (Å²) >= 11 is 0.854. The molecule has 2 amide bonds. The predicted octanol–water partition coefficient (Wildman–Crippen LogP) is 2.95. The molecule has 1 heterocycles. The quantitative estimate of drug-likeness (QED) is 0.859. The fourth-order valence-corrected chi connectivity index (χ4v) is 3.41. The van der Waals surface area contributed by atoms with Gasteiger partial charge in [0.25, 0.3) is 0 Å². The van der Waals surface area contributed by atoms with Crippen molar-refractivity contribution in [3.8, 4) is 0 Å². The lowest BCUT2D eigenvalue weighted by Gasteiger charge is -2.28. The number of nitrogens with one attached hydrogen (secondary N) is 1. The highest BCUT2D eigenvalue weighted by Gasteiger charge is 2.34. The maximum Gasteiger partial charge on any atom is 0.434 e. The number of hydrogen-bond donors (Lipinski definition) is 2. The number of nitrogens with zero attached hydrogens (tertiary/aromatic N) is 2. The smallest absolute Gasteiger partial charge is 0.434 e. The Hall–Kier alpha value is -1.84. The van der Waals surface area contributed by atoms with Gasteiger partial charge in [0.1, 0.15) is 5.01 Å². The van der Waals surface area contributed by atoms with Crippen molar-refractivity contribution in [1.29, 1.82) is 0 Å². The summed E-state index contributed by atoms with van der Waals surface area (Å²) in [5.41, 5.74) is -0.955. The Morgan fingerprint density at radius 1 is 1.38 bits per heavy atom. The number of aromatic nitrogens is 1. The SMILES string of the molecule is CN(Cc1nc(C(F)(F)F)cs1)C(=O)NC1CCC(C(=O)O)CC1. The highest BCUT2D eigenvalue weighted by Crippen LogP contribution is 2.30. The third-order valence-electron chi connectivity index (χ3n) is 3.97. The minimum atomic E-state index is -4.49. The largest absolute Gasteiger partial charge is 0.481 e. The van der Waals surface area contributed by atoms with Crippen molar-refractivity contribution in [3.63, 3.8) is 0 Å². The second kappa shape index (κ2) is 7.37. The fourth-order valence-electron chi connectivity index (χ4n) is 2.56. The van der Waals surface area contributed by atoms with Crippen LogP contribution in [0.4, 0.5) is 18.0 Å². The molecule has 0 bridgehead atoms. The molecule has 0 saturated heterocycles. The molecule has 1 aromatic heterocycles. The second-order valence-electron chi connectivity index (χ2n) is 5.82. The van der Waals surface area contributed by atoms with E-state index in [-0.39, 0.29) is 23.5 Å². The molecule has 6 nitrogen and oxygen atoms in total. The molecular weight excluding hydrogens is 347 g/mol. The first kappa shape index (κ1) is 18.5. The maximum atomic E-state index is 12.5. The molecule has 0 aliphatic heterocycles. The average Bonchev–Trinajstić information content (AvgIpc) is 2.96. The van der Waals surface area contributed by atoms with Crippen molar-refractivity contribution < 1.29 is 27.9 Å². The molecule has 0 radical (unpaired) electrons. The Morgan fingerprint density at radius 2 is 2.00 bits per heavy atom. The topological polar surface area (TPSA) is 82.5 Å². The number of carboxylic acids is 1. The number of hydrogen-bond acceptors (Lipinski definition) is 4. The van der Waals surface area contributed by atoms with Gasteiger partial charge in [0, 0.05) is 18.5 Å². The van der Waals surface area contributed by atoms with Crippen molar-refractivity contribution >= 4 is 23.3 Å². The molecule has 1 aliphatic rings. The zero-order valence-corrected chi connectivity index (χ0v) is 13.8. The van der Waals surface area contributed by atoms with Gasteiger partial charge in [0.05, 0.1) is 12.5 Å². The molecule has 1 aromatic rings. The Morgan fingerprint density at radius 3 is 2.50 bits per heavy atom. The standard InChI is InChI=1S/C14H18F3N3O3S/c1-20(6-11-19-10(7-24-11)14(15,16)17)13(23)18-9-4-2-8(3-5-9)12(21)22/h7-9H,2-6H2,1H3,(H,18,23)(H,21,22). The van der Waals surface area contributed by atoms with Crippen LogP contribution in [0.25, 0.3) is 0 Å². The van der Waals surface area contributed by atoms with E-state index in [1.165, 1.54) is 11.9 Å². The molecule has 2 rings (SSSR count). The van der Waals surface area contributed by atoms with Gasteiger partial charge in [-0.25, -0.2) is 9.78 Å². The van der Waals surface area contributed by atoms with E-state index in [2.05, 4.69) is 10.3 Å². The number of halogens is 3. The monoisotopic (exact) mass is 365 g/mol. The first-order valence-corrected chi connectivity index (χ1v) is 8.31. The van der Waals surface area contributed by atoms with E-state index in [1.807, 2.05) is 0 Å². The van der Waals surface area contributed by atoms with Crippen LogP contribution in [0.2, 0.25) is 0 Å². The summed E-state index contributed by atoms with van der Waals surface area (Å²) in [5, 5.41) is 12.8. The van der Waals surface area contributed by atoms with Crippen LogP contribution in [0.1, 0.15) is 36.4 Å². The third kappa shape index (κ3) is 4.83. The van der Waals surface area contributed by atoms with Crippen LogP contribution in [0.5, 0.6) is 0 Å². The summed E-state index contributed by atoms with van der Waals surface area (Å²) in [5.74, 6) is -1.19. The minimum Gasteiger partial charge on any atom is -0.481 e. The van der Waals surface area contributed by atoms with Gasteiger partial charge in [-0.3, -0.25) is 4.79 Å². The van der Waals surface area contributed by atoms with Crippen molar-refractivity contribution in [2.24, 2.45) is 5.92 Å². The second-order valence-corrected chi connectivity index (χ2v) is 6.76. The van der Waals surface area contributed by atoms with E-state index < -0.39 is 23.9 Å². The van der Waals surface area contributed by atoms with Crippen LogP contribution >= 0.6 is 11.3 Å². The number of urea groups is 1. The van der Waals surface area contributed by atoms with Gasteiger partial charge in [-0.1, -0.05) is 0 Å². The van der Waals surface area contributed by atoms with Crippen molar-refractivity contribution in [3.05, 3.63) is 16.1 Å². The number of rotatable bonds is 4. The highest BCUT2D eigenvalue weighted by molar-refractivity contribution is 7.09. The minimum absolute atomic E-state index is 0.0168. The molecule has 2 N–H and O–H groups in total. The highest BCUT2D eigenvalue weighted by atomic mass is 32.1. The zero-order valence-electron chi connectivity index (χ0n) is 13.0. The van der Waals surface area contributed by atoms with Gasteiger partial charge in [-0.05, 0) is 25.7 Å². The molecule has 1 aliphatic carbocycles. The number of carbonyl (C=O) groups excluding carboxylic acids is 1. The summed E-state index contributed by atoms with van der Waals surface area (Å²) in [6.45, 7) is -0.0168. The Labute approximate surface area is 140 Å². The maximum absolute atomic E-state index is 12.5. The molecule has 0 aromatic carbocycles. The van der Waals surface area contributed by atoms with E-state index in [4.69, 9.17) is 5.11 Å². The summed E-state index contributed by atoms with van der Waals surface area (Å²) < 4.78 is 37.5. The molecule has 0 spiro atoms. The number of alkyl halides is 3. The predicted molar refractivity (Wildman–Crippen MR) is 80.5 cm³/mol. The van der Waals surface area contributed by atoms with E-state index >= 15 is 0 Å². The van der Waals surface area contributed by atoms with Gasteiger partial charge in [0.15, 0.2) is 5.69 Å². The van der Waals surface area contributed by atoms with Crippen molar-refractivity contribution in [2.45, 2.75) is 44.4 Å². The van der Waals surface area contributed by atoms with Crippen LogP contribution in [-0.4, -0.2) is 40.1 Å². The lowest BCUT2D eigenvalue weighted by Crippen LogP contribution is -2.44. The van der Waals surface area contributed by atoms with Crippen molar-refractivity contribution in [1.82, 2.24) is 15.2 Å². The fraction of sp³-hybridized carbons (Fsp3) is 0.643. The molecule has 1 saturated carbocycles. The molecule has 10 heteroatoms. The molecule has 0 unspecified atom stereocenters. The summed E-state index contributed by atoms with van der Waals surface area (Å²) in [6.07, 6.45) is -2.33. The van der Waals surface area contributed by atoms with Gasteiger partial charge >= 0.3 is 18.2 Å². The number of thiazole rings is 1. The van der Waals surface area contributed by atoms with Crippen LogP contribution < -0.4 is 5.32 Å². The Balaban J connectivity index is 1.82. The van der Waals surface area contributed by atoms with Gasteiger partial charge < -0.3 is 15.3 Å². The first-order valence-electron chi connectivity index (χ1n) is 7.43. The molecule has 1 fully saturated rings. The van der Waals surface area contributed by atoms with Gasteiger partial charge in [-0.2, -0.15) is 13.2 Å². The normalized spacial score (nSPS) is 21.3. The number of amides is 2. The first-order chi connectivity index (χ1) is 11.2. The molecule has 0 atom stereocenters. The summed E-state index contributed by atoms with van der Waals surface area (Å²) in [6, 6.07) is -0.518.